The lowest BCUT2D eigenvalue weighted by atomic mass is 10.1. The second-order valence-corrected chi connectivity index (χ2v) is 9.60. The zero-order chi connectivity index (χ0) is 23.0. The maximum atomic E-state index is 12.7. The highest BCUT2D eigenvalue weighted by Crippen LogP contribution is 2.18. The van der Waals surface area contributed by atoms with E-state index in [9.17, 15) is 18.5 Å². The van der Waals surface area contributed by atoms with Gasteiger partial charge in [0.1, 0.15) is 11.6 Å². The second kappa shape index (κ2) is 10.9. The van der Waals surface area contributed by atoms with Crippen LogP contribution in [0.1, 0.15) is 25.3 Å². The lowest BCUT2D eigenvalue weighted by Crippen LogP contribution is -2.46. The third-order valence-electron chi connectivity index (χ3n) is 5.36. The predicted molar refractivity (Wildman–Crippen MR) is 124 cm³/mol. The molecule has 1 fully saturated rings. The van der Waals surface area contributed by atoms with E-state index < -0.39 is 15.9 Å². The van der Waals surface area contributed by atoms with Gasteiger partial charge in [0, 0.05) is 38.1 Å². The molecule has 1 amide bonds. The van der Waals surface area contributed by atoms with Gasteiger partial charge in [0.15, 0.2) is 0 Å². The standard InChI is InChI=1S/C24H28N4O3S/c1-2-3-7-20-10-12-22(13-11-20)26-24(29)21(18-25)19-27-14-16-28(17-15-27)32(30,31)23-8-5-4-6-9-23/h4-6,8-13,19H,2-3,7,14-17H2,1H3,(H,26,29)/b21-19-. The summed E-state index contributed by atoms with van der Waals surface area (Å²) in [6, 6.07) is 17.9. The van der Waals surface area contributed by atoms with Crippen molar-refractivity contribution in [3.05, 3.63) is 71.9 Å². The van der Waals surface area contributed by atoms with Crippen molar-refractivity contribution in [1.29, 1.82) is 5.26 Å². The Labute approximate surface area is 190 Å². The third-order valence-corrected chi connectivity index (χ3v) is 7.27. The smallest absolute Gasteiger partial charge is 0.267 e. The number of sulfonamides is 1. The molecule has 32 heavy (non-hydrogen) atoms. The van der Waals surface area contributed by atoms with Gasteiger partial charge in [0.05, 0.1) is 4.90 Å². The number of carbonyl (C=O) groups excluding carboxylic acids is 1. The van der Waals surface area contributed by atoms with Crippen LogP contribution in [0.15, 0.2) is 71.3 Å². The molecular formula is C24H28N4O3S. The number of carbonyl (C=O) groups is 1. The van der Waals surface area contributed by atoms with Crippen molar-refractivity contribution in [3.8, 4) is 6.07 Å². The minimum absolute atomic E-state index is 0.0144. The van der Waals surface area contributed by atoms with Gasteiger partial charge in [0.2, 0.25) is 10.0 Å². The van der Waals surface area contributed by atoms with Crippen molar-refractivity contribution < 1.29 is 13.2 Å². The molecule has 1 heterocycles. The summed E-state index contributed by atoms with van der Waals surface area (Å²) in [5, 5.41) is 12.2. The molecule has 1 aliphatic rings. The summed E-state index contributed by atoms with van der Waals surface area (Å²) in [6.45, 7) is 3.51. The Kier molecular flexibility index (Phi) is 8.03. The van der Waals surface area contributed by atoms with Crippen LogP contribution in [-0.4, -0.2) is 49.7 Å². The van der Waals surface area contributed by atoms with Gasteiger partial charge >= 0.3 is 0 Å². The molecule has 0 aromatic heterocycles. The van der Waals surface area contributed by atoms with Crippen molar-refractivity contribution in [1.82, 2.24) is 9.21 Å². The van der Waals surface area contributed by atoms with Crippen molar-refractivity contribution >= 4 is 21.6 Å². The summed E-state index contributed by atoms with van der Waals surface area (Å²) in [5.41, 5.74) is 1.83. The van der Waals surface area contributed by atoms with Crippen LogP contribution in [0.3, 0.4) is 0 Å². The molecule has 0 unspecified atom stereocenters. The van der Waals surface area contributed by atoms with E-state index in [4.69, 9.17) is 0 Å². The minimum Gasteiger partial charge on any atom is -0.373 e. The highest BCUT2D eigenvalue weighted by Gasteiger charge is 2.28. The number of hydrogen-bond acceptors (Lipinski definition) is 5. The Morgan fingerprint density at radius 3 is 2.31 bits per heavy atom. The summed E-state index contributed by atoms with van der Waals surface area (Å²) < 4.78 is 26.9. The fraction of sp³-hybridized carbons (Fsp3) is 0.333. The average Bonchev–Trinajstić information content (AvgIpc) is 2.83. The largest absolute Gasteiger partial charge is 0.373 e. The lowest BCUT2D eigenvalue weighted by Gasteiger charge is -2.33. The fourth-order valence-electron chi connectivity index (χ4n) is 3.47. The second-order valence-electron chi connectivity index (χ2n) is 7.66. The molecule has 1 aliphatic heterocycles. The van der Waals surface area contributed by atoms with E-state index in [2.05, 4.69) is 12.2 Å². The summed E-state index contributed by atoms with van der Waals surface area (Å²) >= 11 is 0. The van der Waals surface area contributed by atoms with Crippen molar-refractivity contribution in [3.63, 3.8) is 0 Å². The molecule has 8 heteroatoms. The zero-order valence-electron chi connectivity index (χ0n) is 18.2. The number of aryl methyl sites for hydroxylation is 1. The topological polar surface area (TPSA) is 93.5 Å². The maximum Gasteiger partial charge on any atom is 0.267 e. The van der Waals surface area contributed by atoms with Crippen molar-refractivity contribution in [2.24, 2.45) is 0 Å². The minimum atomic E-state index is -3.54. The number of anilines is 1. The summed E-state index contributed by atoms with van der Waals surface area (Å²) in [5.74, 6) is -0.479. The molecule has 2 aromatic carbocycles. The molecule has 0 saturated carbocycles. The first-order valence-electron chi connectivity index (χ1n) is 10.8. The highest BCUT2D eigenvalue weighted by atomic mass is 32.2. The molecular weight excluding hydrogens is 424 g/mol. The summed E-state index contributed by atoms with van der Waals surface area (Å²) in [6.07, 6.45) is 4.76. The molecule has 0 bridgehead atoms. The van der Waals surface area contributed by atoms with Crippen LogP contribution in [0, 0.1) is 11.3 Å². The first kappa shape index (κ1) is 23.5. The molecule has 0 spiro atoms. The fourth-order valence-corrected chi connectivity index (χ4v) is 4.91. The first-order chi connectivity index (χ1) is 15.4. The Bertz CT molecular complexity index is 1080. The lowest BCUT2D eigenvalue weighted by molar-refractivity contribution is -0.112. The van der Waals surface area contributed by atoms with Crippen LogP contribution in [0.4, 0.5) is 5.69 Å². The summed E-state index contributed by atoms with van der Waals surface area (Å²) in [4.78, 5) is 14.6. The van der Waals surface area contributed by atoms with Gasteiger partial charge in [-0.15, -0.1) is 0 Å². The molecule has 3 rings (SSSR count). The van der Waals surface area contributed by atoms with Crippen LogP contribution in [0.25, 0.3) is 0 Å². The quantitative estimate of drug-likeness (QED) is 0.490. The van der Waals surface area contributed by atoms with Crippen molar-refractivity contribution in [2.75, 3.05) is 31.5 Å². The maximum absolute atomic E-state index is 12.7. The van der Waals surface area contributed by atoms with Gasteiger partial charge in [-0.1, -0.05) is 43.7 Å². The van der Waals surface area contributed by atoms with Crippen LogP contribution in [-0.2, 0) is 21.2 Å². The monoisotopic (exact) mass is 452 g/mol. The number of benzene rings is 2. The molecule has 1 N–H and O–H groups in total. The van der Waals surface area contributed by atoms with Gasteiger partial charge in [-0.2, -0.15) is 9.57 Å². The Morgan fingerprint density at radius 2 is 1.72 bits per heavy atom. The Hall–Kier alpha value is -3.15. The number of nitrogens with zero attached hydrogens (tertiary/aromatic N) is 3. The average molecular weight is 453 g/mol. The zero-order valence-corrected chi connectivity index (χ0v) is 19.0. The Balaban J connectivity index is 1.59. The van der Waals surface area contributed by atoms with Gasteiger partial charge in [-0.05, 0) is 42.7 Å². The van der Waals surface area contributed by atoms with Crippen LogP contribution < -0.4 is 5.32 Å². The first-order valence-corrected chi connectivity index (χ1v) is 12.2. The molecule has 7 nitrogen and oxygen atoms in total. The molecule has 0 aliphatic carbocycles. The number of rotatable bonds is 8. The van der Waals surface area contributed by atoms with Crippen LogP contribution >= 0.6 is 0 Å². The van der Waals surface area contributed by atoms with Crippen molar-refractivity contribution in [2.45, 2.75) is 31.1 Å². The summed E-state index contributed by atoms with van der Waals surface area (Å²) in [7, 11) is -3.54. The van der Waals surface area contributed by atoms with E-state index in [0.717, 1.165) is 19.3 Å². The molecule has 1 saturated heterocycles. The predicted octanol–water partition coefficient (Wildman–Crippen LogP) is 3.38. The van der Waals surface area contributed by atoms with E-state index in [-0.39, 0.29) is 23.6 Å². The Morgan fingerprint density at radius 1 is 1.06 bits per heavy atom. The SMILES string of the molecule is CCCCc1ccc(NC(=O)/C(C#N)=C\N2CCN(S(=O)(=O)c3ccccc3)CC2)cc1. The molecule has 168 valence electrons. The third kappa shape index (κ3) is 5.96. The highest BCUT2D eigenvalue weighted by molar-refractivity contribution is 7.89. The molecule has 0 radical (unpaired) electrons. The number of piperazine rings is 1. The van der Waals surface area contributed by atoms with E-state index in [1.165, 1.54) is 16.1 Å². The van der Waals surface area contributed by atoms with Crippen LogP contribution in [0.2, 0.25) is 0 Å². The van der Waals surface area contributed by atoms with Crippen LogP contribution in [0.5, 0.6) is 0 Å². The van der Waals surface area contributed by atoms with E-state index in [1.807, 2.05) is 35.2 Å². The van der Waals surface area contributed by atoms with Gasteiger partial charge in [-0.25, -0.2) is 8.42 Å². The van der Waals surface area contributed by atoms with Gasteiger partial charge in [-0.3, -0.25) is 4.79 Å². The number of unbranched alkanes of at least 4 members (excludes halogenated alkanes) is 1. The number of nitrogens with one attached hydrogen (secondary N) is 1. The number of amides is 1. The van der Waals surface area contributed by atoms with E-state index in [0.29, 0.717) is 18.8 Å². The van der Waals surface area contributed by atoms with Gasteiger partial charge in [0.25, 0.3) is 5.91 Å². The van der Waals surface area contributed by atoms with E-state index >= 15 is 0 Å². The normalized spacial score (nSPS) is 15.2. The number of hydrogen-bond donors (Lipinski definition) is 1. The van der Waals surface area contributed by atoms with E-state index in [1.54, 1.807) is 30.3 Å². The van der Waals surface area contributed by atoms with Gasteiger partial charge < -0.3 is 10.2 Å². The molecule has 0 atom stereocenters. The number of nitriles is 1. The molecule has 2 aromatic rings.